The molecule has 0 atom stereocenters. The Morgan fingerprint density at radius 2 is 2.16 bits per heavy atom. The number of hydrogen-bond acceptors (Lipinski definition) is 3. The summed E-state index contributed by atoms with van der Waals surface area (Å²) in [5.41, 5.74) is 1.97. The molecule has 2 rings (SSSR count). The summed E-state index contributed by atoms with van der Waals surface area (Å²) in [6, 6.07) is 0. The van der Waals surface area contributed by atoms with Crippen LogP contribution in [0.25, 0.3) is 4.85 Å². The van der Waals surface area contributed by atoms with Crippen molar-refractivity contribution in [2.75, 3.05) is 5.32 Å². The van der Waals surface area contributed by atoms with Crippen molar-refractivity contribution in [1.82, 2.24) is 0 Å². The molecule has 0 amide bonds. The van der Waals surface area contributed by atoms with Gasteiger partial charge >= 0.3 is 0 Å². The minimum absolute atomic E-state index is 0.00919. The van der Waals surface area contributed by atoms with E-state index < -0.39 is 0 Å². The minimum Gasteiger partial charge on any atom is -0.362 e. The minimum atomic E-state index is 0.00919. The zero-order chi connectivity index (χ0) is 13.8. The first kappa shape index (κ1) is 13.8. The molecule has 0 bridgehead atoms. The molecule has 0 saturated carbocycles. The van der Waals surface area contributed by atoms with Crippen molar-refractivity contribution in [3.63, 3.8) is 0 Å². The van der Waals surface area contributed by atoms with Crippen molar-refractivity contribution in [3.05, 3.63) is 34.1 Å². The zero-order valence-corrected chi connectivity index (χ0v) is 12.1. The maximum Gasteiger partial charge on any atom is 0.224 e. The van der Waals surface area contributed by atoms with Crippen LogP contribution in [0, 0.1) is 12.5 Å². The molecule has 0 saturated heterocycles. The first-order chi connectivity index (χ1) is 9.13. The molecule has 1 aliphatic rings. The Balaban J connectivity index is 2.15. The van der Waals surface area contributed by atoms with Gasteiger partial charge < -0.3 is 5.32 Å². The number of fused-ring (bicyclic) bond motifs is 1. The molecule has 1 heterocycles. The molecule has 0 aliphatic heterocycles. The molecule has 1 aliphatic carbocycles. The summed E-state index contributed by atoms with van der Waals surface area (Å²) in [6.45, 7) is 11.1. The Hall–Kier alpha value is -1.60. The molecule has 0 unspecified atom stereocenters. The fourth-order valence-corrected chi connectivity index (χ4v) is 3.36. The van der Waals surface area contributed by atoms with Crippen LogP contribution >= 0.6 is 11.3 Å². The fourth-order valence-electron chi connectivity index (χ4n) is 2.16. The largest absolute Gasteiger partial charge is 0.362 e. The Labute approximate surface area is 118 Å². The van der Waals surface area contributed by atoms with Crippen molar-refractivity contribution in [2.45, 2.75) is 39.5 Å². The average molecular weight is 274 g/mol. The van der Waals surface area contributed by atoms with E-state index in [0.29, 0.717) is 0 Å². The number of rotatable bonds is 4. The van der Waals surface area contributed by atoms with Crippen LogP contribution in [0.1, 0.15) is 37.1 Å². The number of hydrogen-bond donors (Lipinski definition) is 1. The summed E-state index contributed by atoms with van der Waals surface area (Å²) in [5, 5.41) is 3.99. The second-order valence-electron chi connectivity index (χ2n) is 5.04. The topological polar surface area (TPSA) is 33.5 Å². The van der Waals surface area contributed by atoms with E-state index >= 15 is 0 Å². The van der Waals surface area contributed by atoms with E-state index in [1.165, 1.54) is 23.3 Å². The van der Waals surface area contributed by atoms with Gasteiger partial charge in [0.25, 0.3) is 0 Å². The van der Waals surface area contributed by atoms with Crippen molar-refractivity contribution >= 4 is 27.8 Å². The number of ketones is 1. The third kappa shape index (κ3) is 3.05. The monoisotopic (exact) mass is 274 g/mol. The second kappa shape index (κ2) is 6.03. The van der Waals surface area contributed by atoms with Crippen LogP contribution in [0.5, 0.6) is 0 Å². The van der Waals surface area contributed by atoms with Gasteiger partial charge in [-0.3, -0.25) is 4.79 Å². The predicted octanol–water partition coefficient (Wildman–Crippen LogP) is 4.33. The van der Waals surface area contributed by atoms with E-state index in [4.69, 9.17) is 6.57 Å². The van der Waals surface area contributed by atoms with Gasteiger partial charge in [0.1, 0.15) is 0 Å². The van der Waals surface area contributed by atoms with Crippen LogP contribution in [0.15, 0.2) is 12.3 Å². The lowest BCUT2D eigenvalue weighted by Crippen LogP contribution is -2.02. The van der Waals surface area contributed by atoms with Crippen molar-refractivity contribution in [2.24, 2.45) is 5.92 Å². The molecule has 0 spiro atoms. The van der Waals surface area contributed by atoms with E-state index in [1.807, 2.05) is 13.8 Å². The number of allylic oxidation sites excluding steroid dienone is 1. The van der Waals surface area contributed by atoms with Gasteiger partial charge in [-0.2, -0.15) is 0 Å². The summed E-state index contributed by atoms with van der Waals surface area (Å²) < 4.78 is 0. The molecule has 100 valence electrons. The van der Waals surface area contributed by atoms with Gasteiger partial charge in [0.15, 0.2) is 5.78 Å². The lowest BCUT2D eigenvalue weighted by atomic mass is 9.98. The molecule has 1 N–H and O–H groups in total. The SMILES string of the molecule is [C-]#[N+]c1c(N/C=C/C(=O)C(C)C)sc2c1CCCC2. The molecule has 1 aromatic rings. The maximum atomic E-state index is 11.5. The van der Waals surface area contributed by atoms with Gasteiger partial charge in [-0.05, 0) is 35.8 Å². The Morgan fingerprint density at radius 3 is 2.84 bits per heavy atom. The summed E-state index contributed by atoms with van der Waals surface area (Å²) in [5.74, 6) is 0.105. The number of nitrogens with zero attached hydrogens (tertiary/aromatic N) is 1. The number of nitrogens with one attached hydrogen (secondary N) is 1. The van der Waals surface area contributed by atoms with Gasteiger partial charge in [-0.1, -0.05) is 20.3 Å². The van der Waals surface area contributed by atoms with Gasteiger partial charge in [0.2, 0.25) is 5.69 Å². The molecule has 1 aromatic heterocycles. The number of carbonyl (C=O) groups excluding carboxylic acids is 1. The molecular weight excluding hydrogens is 256 g/mol. The predicted molar refractivity (Wildman–Crippen MR) is 79.8 cm³/mol. The second-order valence-corrected chi connectivity index (χ2v) is 6.14. The van der Waals surface area contributed by atoms with Crippen molar-refractivity contribution in [1.29, 1.82) is 0 Å². The highest BCUT2D eigenvalue weighted by Gasteiger charge is 2.20. The zero-order valence-electron chi connectivity index (χ0n) is 11.3. The first-order valence-corrected chi connectivity index (χ1v) is 7.44. The highest BCUT2D eigenvalue weighted by molar-refractivity contribution is 7.17. The highest BCUT2D eigenvalue weighted by atomic mass is 32.1. The van der Waals surface area contributed by atoms with Crippen LogP contribution in [-0.2, 0) is 17.6 Å². The summed E-state index contributed by atoms with van der Waals surface area (Å²) in [6.07, 6.45) is 7.70. The number of aryl methyl sites for hydroxylation is 1. The number of thiophene rings is 1. The quantitative estimate of drug-likeness (QED) is 0.655. The molecule has 4 heteroatoms. The van der Waals surface area contributed by atoms with E-state index in [0.717, 1.165) is 23.5 Å². The van der Waals surface area contributed by atoms with E-state index in [9.17, 15) is 4.79 Å². The Kier molecular flexibility index (Phi) is 4.39. The van der Waals surface area contributed by atoms with E-state index in [1.54, 1.807) is 23.6 Å². The third-order valence-electron chi connectivity index (χ3n) is 3.29. The summed E-state index contributed by atoms with van der Waals surface area (Å²) >= 11 is 1.66. The fraction of sp³-hybridized carbons (Fsp3) is 0.467. The van der Waals surface area contributed by atoms with Crippen molar-refractivity contribution in [3.8, 4) is 0 Å². The van der Waals surface area contributed by atoms with Crippen molar-refractivity contribution < 1.29 is 4.79 Å². The molecule has 0 aromatic carbocycles. The van der Waals surface area contributed by atoms with Gasteiger partial charge in [0.05, 0.1) is 11.6 Å². The maximum absolute atomic E-state index is 11.5. The summed E-state index contributed by atoms with van der Waals surface area (Å²) in [7, 11) is 0. The van der Waals surface area contributed by atoms with Crippen LogP contribution < -0.4 is 5.32 Å². The molecule has 3 nitrogen and oxygen atoms in total. The number of anilines is 1. The Bertz CT molecular complexity index is 549. The third-order valence-corrected chi connectivity index (χ3v) is 4.50. The molecule has 0 radical (unpaired) electrons. The van der Waals surface area contributed by atoms with Crippen LogP contribution in [0.2, 0.25) is 0 Å². The van der Waals surface area contributed by atoms with E-state index in [-0.39, 0.29) is 11.7 Å². The Morgan fingerprint density at radius 1 is 1.42 bits per heavy atom. The smallest absolute Gasteiger partial charge is 0.224 e. The standard InChI is InChI=1S/C15H18N2OS/c1-10(2)12(18)8-9-17-15-14(16-3)11-6-4-5-7-13(11)19-15/h8-10,17H,4-7H2,1-2H3/b9-8+. The summed E-state index contributed by atoms with van der Waals surface area (Å²) in [4.78, 5) is 16.5. The first-order valence-electron chi connectivity index (χ1n) is 6.62. The number of carbonyl (C=O) groups is 1. The van der Waals surface area contributed by atoms with Gasteiger partial charge in [-0.25, -0.2) is 4.85 Å². The lowest BCUT2D eigenvalue weighted by Gasteiger charge is -2.09. The lowest BCUT2D eigenvalue weighted by molar-refractivity contribution is -0.117. The normalized spacial score (nSPS) is 14.4. The van der Waals surface area contributed by atoms with Crippen LogP contribution in [-0.4, -0.2) is 5.78 Å². The van der Waals surface area contributed by atoms with E-state index in [2.05, 4.69) is 10.2 Å². The average Bonchev–Trinajstić information content (AvgIpc) is 2.75. The molecule has 0 fully saturated rings. The van der Waals surface area contributed by atoms with Gasteiger partial charge in [0, 0.05) is 12.1 Å². The van der Waals surface area contributed by atoms with Crippen LogP contribution in [0.3, 0.4) is 0 Å². The molecule has 19 heavy (non-hydrogen) atoms. The van der Waals surface area contributed by atoms with Gasteiger partial charge in [-0.15, -0.1) is 11.3 Å². The highest BCUT2D eigenvalue weighted by Crippen LogP contribution is 2.43. The van der Waals surface area contributed by atoms with Crippen LogP contribution in [0.4, 0.5) is 10.7 Å². The molecular formula is C15H18N2OS.